The lowest BCUT2D eigenvalue weighted by molar-refractivity contribution is -0.126. The average Bonchev–Trinajstić information content (AvgIpc) is 2.38. The Morgan fingerprint density at radius 2 is 2.00 bits per heavy atom. The van der Waals surface area contributed by atoms with Crippen LogP contribution in [0.5, 0.6) is 0 Å². The Morgan fingerprint density at radius 1 is 1.41 bits per heavy atom. The number of carbonyl (C=O) groups is 1. The number of alkyl halides is 1. The summed E-state index contributed by atoms with van der Waals surface area (Å²) in [5.74, 6) is 0.430. The molecule has 2 unspecified atom stereocenters. The maximum atomic E-state index is 12.0. The van der Waals surface area contributed by atoms with Gasteiger partial charge in [-0.15, -0.1) is 11.6 Å². The van der Waals surface area contributed by atoms with Crippen molar-refractivity contribution in [2.75, 3.05) is 5.88 Å². The number of nitrogens with one attached hydrogen (secondary N) is 1. The SMILES string of the molecule is CCC(C)C(=O)NC(C)(CCl)c1ccccc1. The van der Waals surface area contributed by atoms with Crippen molar-refractivity contribution in [3.63, 3.8) is 0 Å². The average molecular weight is 254 g/mol. The van der Waals surface area contributed by atoms with Gasteiger partial charge in [0.25, 0.3) is 0 Å². The van der Waals surface area contributed by atoms with Gasteiger partial charge in [-0.1, -0.05) is 44.2 Å². The molecular weight excluding hydrogens is 234 g/mol. The predicted octanol–water partition coefficient (Wildman–Crippen LogP) is 3.30. The Balaban J connectivity index is 2.87. The van der Waals surface area contributed by atoms with Crippen molar-refractivity contribution in [2.45, 2.75) is 32.7 Å². The molecule has 0 aliphatic heterocycles. The van der Waals surface area contributed by atoms with Gasteiger partial charge in [0, 0.05) is 11.8 Å². The second kappa shape index (κ2) is 6.06. The first-order valence-electron chi connectivity index (χ1n) is 5.97. The standard InChI is InChI=1S/C14H20ClNO/c1-4-11(2)13(17)16-14(3,10-15)12-8-6-5-7-9-12/h5-9,11H,4,10H2,1-3H3,(H,16,17). The van der Waals surface area contributed by atoms with Crippen LogP contribution in [0.3, 0.4) is 0 Å². The van der Waals surface area contributed by atoms with Crippen LogP contribution in [0.1, 0.15) is 32.8 Å². The highest BCUT2D eigenvalue weighted by Crippen LogP contribution is 2.22. The quantitative estimate of drug-likeness (QED) is 0.802. The number of rotatable bonds is 5. The topological polar surface area (TPSA) is 29.1 Å². The van der Waals surface area contributed by atoms with Gasteiger partial charge < -0.3 is 5.32 Å². The Bertz CT molecular complexity index is 366. The van der Waals surface area contributed by atoms with E-state index in [9.17, 15) is 4.79 Å². The summed E-state index contributed by atoms with van der Waals surface area (Å²) < 4.78 is 0. The van der Waals surface area contributed by atoms with E-state index in [0.717, 1.165) is 12.0 Å². The van der Waals surface area contributed by atoms with Gasteiger partial charge >= 0.3 is 0 Å². The lowest BCUT2D eigenvalue weighted by Gasteiger charge is -2.30. The zero-order valence-electron chi connectivity index (χ0n) is 10.7. The molecule has 0 radical (unpaired) electrons. The molecule has 0 heterocycles. The summed E-state index contributed by atoms with van der Waals surface area (Å²) in [7, 11) is 0. The first-order valence-corrected chi connectivity index (χ1v) is 6.50. The maximum absolute atomic E-state index is 12.0. The van der Waals surface area contributed by atoms with Crippen LogP contribution in [-0.4, -0.2) is 11.8 Å². The van der Waals surface area contributed by atoms with Crippen LogP contribution in [0, 0.1) is 5.92 Å². The molecule has 0 fully saturated rings. The van der Waals surface area contributed by atoms with E-state index < -0.39 is 5.54 Å². The Hall–Kier alpha value is -1.02. The highest BCUT2D eigenvalue weighted by Gasteiger charge is 2.28. The minimum atomic E-state index is -0.497. The van der Waals surface area contributed by atoms with Crippen LogP contribution in [-0.2, 0) is 10.3 Å². The minimum Gasteiger partial charge on any atom is -0.345 e. The number of hydrogen-bond donors (Lipinski definition) is 1. The van der Waals surface area contributed by atoms with Crippen LogP contribution < -0.4 is 5.32 Å². The summed E-state index contributed by atoms with van der Waals surface area (Å²) in [6, 6.07) is 9.83. The van der Waals surface area contributed by atoms with E-state index in [-0.39, 0.29) is 11.8 Å². The first-order chi connectivity index (χ1) is 8.03. The van der Waals surface area contributed by atoms with E-state index in [4.69, 9.17) is 11.6 Å². The van der Waals surface area contributed by atoms with E-state index in [1.807, 2.05) is 51.1 Å². The molecule has 2 atom stereocenters. The van der Waals surface area contributed by atoms with Gasteiger partial charge in [0.1, 0.15) is 0 Å². The number of halogens is 1. The molecule has 2 nitrogen and oxygen atoms in total. The van der Waals surface area contributed by atoms with E-state index in [1.54, 1.807) is 0 Å². The zero-order chi connectivity index (χ0) is 12.9. The third kappa shape index (κ3) is 3.47. The molecule has 1 rings (SSSR count). The van der Waals surface area contributed by atoms with E-state index in [0.29, 0.717) is 5.88 Å². The summed E-state index contributed by atoms with van der Waals surface area (Å²) in [5, 5.41) is 3.04. The molecular formula is C14H20ClNO. The number of benzene rings is 1. The summed E-state index contributed by atoms with van der Waals surface area (Å²) in [5.41, 5.74) is 0.537. The molecule has 0 saturated heterocycles. The molecule has 1 aromatic carbocycles. The maximum Gasteiger partial charge on any atom is 0.223 e. The van der Waals surface area contributed by atoms with Crippen molar-refractivity contribution in [1.29, 1.82) is 0 Å². The molecule has 1 N–H and O–H groups in total. The highest BCUT2D eigenvalue weighted by atomic mass is 35.5. The van der Waals surface area contributed by atoms with E-state index in [2.05, 4.69) is 5.32 Å². The normalized spacial score (nSPS) is 16.0. The third-order valence-electron chi connectivity index (χ3n) is 3.14. The van der Waals surface area contributed by atoms with E-state index in [1.165, 1.54) is 0 Å². The zero-order valence-corrected chi connectivity index (χ0v) is 11.4. The van der Waals surface area contributed by atoms with Gasteiger partial charge in [-0.25, -0.2) is 0 Å². The monoisotopic (exact) mass is 253 g/mol. The fourth-order valence-electron chi connectivity index (χ4n) is 1.57. The van der Waals surface area contributed by atoms with Gasteiger partial charge in [0.2, 0.25) is 5.91 Å². The van der Waals surface area contributed by atoms with Crippen LogP contribution in [0.4, 0.5) is 0 Å². The van der Waals surface area contributed by atoms with Gasteiger partial charge in [-0.3, -0.25) is 4.79 Å². The number of carbonyl (C=O) groups excluding carboxylic acids is 1. The molecule has 0 aliphatic rings. The smallest absolute Gasteiger partial charge is 0.223 e. The van der Waals surface area contributed by atoms with Gasteiger partial charge in [0.05, 0.1) is 5.54 Å². The number of amides is 1. The van der Waals surface area contributed by atoms with Crippen molar-refractivity contribution in [3.8, 4) is 0 Å². The minimum absolute atomic E-state index is 0.0150. The molecule has 1 amide bonds. The van der Waals surface area contributed by atoms with Crippen molar-refractivity contribution in [2.24, 2.45) is 5.92 Å². The van der Waals surface area contributed by atoms with Crippen LogP contribution in [0.15, 0.2) is 30.3 Å². The van der Waals surface area contributed by atoms with Gasteiger partial charge in [-0.2, -0.15) is 0 Å². The lowest BCUT2D eigenvalue weighted by atomic mass is 9.93. The Labute approximate surface area is 108 Å². The van der Waals surface area contributed by atoms with Crippen molar-refractivity contribution in [1.82, 2.24) is 5.32 Å². The second-order valence-electron chi connectivity index (χ2n) is 4.63. The molecule has 0 aromatic heterocycles. The van der Waals surface area contributed by atoms with Crippen LogP contribution >= 0.6 is 11.6 Å². The molecule has 3 heteroatoms. The van der Waals surface area contributed by atoms with Crippen LogP contribution in [0.25, 0.3) is 0 Å². The van der Waals surface area contributed by atoms with Crippen LogP contribution in [0.2, 0.25) is 0 Å². The van der Waals surface area contributed by atoms with Gasteiger partial charge in [0.15, 0.2) is 0 Å². The summed E-state index contributed by atoms with van der Waals surface area (Å²) >= 11 is 6.02. The first kappa shape index (κ1) is 14.0. The van der Waals surface area contributed by atoms with E-state index >= 15 is 0 Å². The van der Waals surface area contributed by atoms with Crippen molar-refractivity contribution in [3.05, 3.63) is 35.9 Å². The highest BCUT2D eigenvalue weighted by molar-refractivity contribution is 6.18. The lowest BCUT2D eigenvalue weighted by Crippen LogP contribution is -2.47. The molecule has 17 heavy (non-hydrogen) atoms. The molecule has 0 spiro atoms. The molecule has 0 bridgehead atoms. The summed E-state index contributed by atoms with van der Waals surface area (Å²) in [4.78, 5) is 12.0. The molecule has 0 saturated carbocycles. The second-order valence-corrected chi connectivity index (χ2v) is 4.90. The third-order valence-corrected chi connectivity index (χ3v) is 3.67. The Morgan fingerprint density at radius 3 is 2.47 bits per heavy atom. The predicted molar refractivity (Wildman–Crippen MR) is 72.1 cm³/mol. The molecule has 94 valence electrons. The van der Waals surface area contributed by atoms with Crippen molar-refractivity contribution < 1.29 is 4.79 Å². The summed E-state index contributed by atoms with van der Waals surface area (Å²) in [6.45, 7) is 5.88. The summed E-state index contributed by atoms with van der Waals surface area (Å²) in [6.07, 6.45) is 0.832. The van der Waals surface area contributed by atoms with Gasteiger partial charge in [-0.05, 0) is 18.9 Å². The molecule has 0 aliphatic carbocycles. The fourth-order valence-corrected chi connectivity index (χ4v) is 1.79. The van der Waals surface area contributed by atoms with Crippen molar-refractivity contribution >= 4 is 17.5 Å². The molecule has 1 aromatic rings. The number of hydrogen-bond acceptors (Lipinski definition) is 1. The Kier molecular flexibility index (Phi) is 5.01. The fraction of sp³-hybridized carbons (Fsp3) is 0.500. The largest absolute Gasteiger partial charge is 0.345 e.